The Balaban J connectivity index is 2.16. The molecule has 0 bridgehead atoms. The van der Waals surface area contributed by atoms with Gasteiger partial charge in [-0.05, 0) is 37.3 Å². The third-order valence-electron chi connectivity index (χ3n) is 3.79. The fraction of sp³-hybridized carbons (Fsp3) is 0.467. The number of hydrogen-bond acceptors (Lipinski definition) is 4. The standard InChI is InChI=1S/C15H19N3OS/c1-3-7-18-13-6-4-5-10(13)8-11(14(18)19)12-9-20-15(16-2)17-12/h8-9H,3-7H2,1-2H3,(H,16,17). The van der Waals surface area contributed by atoms with Crippen molar-refractivity contribution in [2.24, 2.45) is 0 Å². The summed E-state index contributed by atoms with van der Waals surface area (Å²) < 4.78 is 1.97. The van der Waals surface area contributed by atoms with Crippen LogP contribution in [0.5, 0.6) is 0 Å². The molecule has 3 rings (SSSR count). The minimum atomic E-state index is 0.112. The van der Waals surface area contributed by atoms with Crippen LogP contribution >= 0.6 is 11.3 Å². The lowest BCUT2D eigenvalue weighted by Crippen LogP contribution is -2.25. The summed E-state index contributed by atoms with van der Waals surface area (Å²) in [5, 5.41) is 5.83. The van der Waals surface area contributed by atoms with Gasteiger partial charge in [0.15, 0.2) is 5.13 Å². The van der Waals surface area contributed by atoms with Gasteiger partial charge in [0.2, 0.25) is 0 Å². The molecule has 0 aromatic carbocycles. The highest BCUT2D eigenvalue weighted by Gasteiger charge is 2.20. The Morgan fingerprint density at radius 1 is 1.45 bits per heavy atom. The molecule has 0 radical (unpaired) electrons. The van der Waals surface area contributed by atoms with Gasteiger partial charge in [0.1, 0.15) is 0 Å². The highest BCUT2D eigenvalue weighted by molar-refractivity contribution is 7.14. The normalized spacial score (nSPS) is 13.5. The van der Waals surface area contributed by atoms with Crippen molar-refractivity contribution in [1.29, 1.82) is 0 Å². The van der Waals surface area contributed by atoms with E-state index in [0.29, 0.717) is 0 Å². The number of rotatable bonds is 4. The molecule has 1 aliphatic rings. The van der Waals surface area contributed by atoms with E-state index in [4.69, 9.17) is 0 Å². The van der Waals surface area contributed by atoms with E-state index in [9.17, 15) is 4.79 Å². The van der Waals surface area contributed by atoms with Gasteiger partial charge in [-0.3, -0.25) is 4.79 Å². The lowest BCUT2D eigenvalue weighted by molar-refractivity contribution is 0.624. The number of anilines is 1. The summed E-state index contributed by atoms with van der Waals surface area (Å²) in [4.78, 5) is 17.2. The summed E-state index contributed by atoms with van der Waals surface area (Å²) in [6.07, 6.45) is 4.24. The Morgan fingerprint density at radius 3 is 3.00 bits per heavy atom. The summed E-state index contributed by atoms with van der Waals surface area (Å²) in [6.45, 7) is 2.92. The van der Waals surface area contributed by atoms with Gasteiger partial charge in [0.05, 0.1) is 11.3 Å². The van der Waals surface area contributed by atoms with Gasteiger partial charge in [-0.15, -0.1) is 11.3 Å². The van der Waals surface area contributed by atoms with Gasteiger partial charge < -0.3 is 9.88 Å². The molecule has 2 aromatic heterocycles. The van der Waals surface area contributed by atoms with Crippen LogP contribution in [0.3, 0.4) is 0 Å². The van der Waals surface area contributed by atoms with E-state index in [1.165, 1.54) is 22.6 Å². The molecule has 2 heterocycles. The molecule has 0 atom stereocenters. The largest absolute Gasteiger partial charge is 0.365 e. The SMILES string of the molecule is CCCn1c2c(cc(-c3csc(NC)n3)c1=O)CCC2. The number of nitrogens with one attached hydrogen (secondary N) is 1. The first-order chi connectivity index (χ1) is 9.74. The maximum atomic E-state index is 12.7. The fourth-order valence-corrected chi connectivity index (χ4v) is 3.55. The molecule has 2 aromatic rings. The van der Waals surface area contributed by atoms with Crippen LogP contribution in [0.1, 0.15) is 31.0 Å². The molecule has 0 saturated heterocycles. The number of fused-ring (bicyclic) bond motifs is 1. The van der Waals surface area contributed by atoms with Gasteiger partial charge in [0.25, 0.3) is 5.56 Å². The number of hydrogen-bond donors (Lipinski definition) is 1. The zero-order valence-corrected chi connectivity index (χ0v) is 12.7. The maximum absolute atomic E-state index is 12.7. The zero-order chi connectivity index (χ0) is 14.1. The van der Waals surface area contributed by atoms with Crippen LogP contribution in [0.15, 0.2) is 16.2 Å². The first-order valence-corrected chi connectivity index (χ1v) is 8.01. The fourth-order valence-electron chi connectivity index (χ4n) is 2.87. The van der Waals surface area contributed by atoms with Crippen LogP contribution in [0, 0.1) is 0 Å². The highest BCUT2D eigenvalue weighted by Crippen LogP contribution is 2.27. The Hall–Kier alpha value is -1.62. The summed E-state index contributed by atoms with van der Waals surface area (Å²) in [7, 11) is 1.85. The smallest absolute Gasteiger partial charge is 0.260 e. The molecule has 0 spiro atoms. The van der Waals surface area contributed by atoms with Crippen molar-refractivity contribution in [2.45, 2.75) is 39.2 Å². The molecule has 0 aliphatic heterocycles. The second-order valence-corrected chi connectivity index (χ2v) is 5.99. The number of thiazole rings is 1. The number of pyridine rings is 1. The van der Waals surface area contributed by atoms with Crippen LogP contribution in [0.25, 0.3) is 11.3 Å². The topological polar surface area (TPSA) is 46.9 Å². The van der Waals surface area contributed by atoms with Gasteiger partial charge in [-0.2, -0.15) is 0 Å². The molecule has 106 valence electrons. The summed E-state index contributed by atoms with van der Waals surface area (Å²) >= 11 is 1.54. The predicted octanol–water partition coefficient (Wildman–Crippen LogP) is 2.91. The van der Waals surface area contributed by atoms with Crippen molar-refractivity contribution < 1.29 is 0 Å². The van der Waals surface area contributed by atoms with Crippen LogP contribution < -0.4 is 10.9 Å². The molecular formula is C15H19N3OS. The monoisotopic (exact) mass is 289 g/mol. The predicted molar refractivity (Wildman–Crippen MR) is 83.7 cm³/mol. The summed E-state index contributed by atoms with van der Waals surface area (Å²) in [5.74, 6) is 0. The second kappa shape index (κ2) is 5.40. The molecule has 1 aliphatic carbocycles. The van der Waals surface area contributed by atoms with E-state index < -0.39 is 0 Å². The maximum Gasteiger partial charge on any atom is 0.260 e. The quantitative estimate of drug-likeness (QED) is 0.941. The van der Waals surface area contributed by atoms with E-state index in [1.807, 2.05) is 17.0 Å². The molecule has 5 heteroatoms. The van der Waals surface area contributed by atoms with Crippen molar-refractivity contribution in [2.75, 3.05) is 12.4 Å². The van der Waals surface area contributed by atoms with Gasteiger partial charge in [-0.1, -0.05) is 6.92 Å². The summed E-state index contributed by atoms with van der Waals surface area (Å²) in [5.41, 5.74) is 4.22. The molecule has 0 unspecified atom stereocenters. The number of aromatic nitrogens is 2. The van der Waals surface area contributed by atoms with Gasteiger partial charge >= 0.3 is 0 Å². The van der Waals surface area contributed by atoms with Crippen LogP contribution in [0.2, 0.25) is 0 Å². The lowest BCUT2D eigenvalue weighted by Gasteiger charge is -2.13. The highest BCUT2D eigenvalue weighted by atomic mass is 32.1. The first-order valence-electron chi connectivity index (χ1n) is 7.13. The van der Waals surface area contributed by atoms with Gasteiger partial charge in [-0.25, -0.2) is 4.98 Å². The van der Waals surface area contributed by atoms with Crippen LogP contribution in [-0.2, 0) is 19.4 Å². The van der Waals surface area contributed by atoms with Crippen LogP contribution in [0.4, 0.5) is 5.13 Å². The second-order valence-electron chi connectivity index (χ2n) is 5.13. The van der Waals surface area contributed by atoms with Crippen molar-refractivity contribution in [1.82, 2.24) is 9.55 Å². The minimum absolute atomic E-state index is 0.112. The average Bonchev–Trinajstić information content (AvgIpc) is 3.09. The van der Waals surface area contributed by atoms with Crippen molar-refractivity contribution in [3.8, 4) is 11.3 Å². The first kappa shape index (κ1) is 13.4. The van der Waals surface area contributed by atoms with Crippen molar-refractivity contribution >= 4 is 16.5 Å². The van der Waals surface area contributed by atoms with E-state index in [1.54, 1.807) is 0 Å². The molecule has 4 nitrogen and oxygen atoms in total. The Morgan fingerprint density at radius 2 is 2.30 bits per heavy atom. The molecule has 0 saturated carbocycles. The number of nitrogens with zero attached hydrogens (tertiary/aromatic N) is 2. The van der Waals surface area contributed by atoms with Crippen LogP contribution in [-0.4, -0.2) is 16.6 Å². The van der Waals surface area contributed by atoms with Crippen molar-refractivity contribution in [3.63, 3.8) is 0 Å². The van der Waals surface area contributed by atoms with E-state index in [2.05, 4.69) is 23.3 Å². The minimum Gasteiger partial charge on any atom is -0.365 e. The van der Waals surface area contributed by atoms with E-state index in [-0.39, 0.29) is 5.56 Å². The summed E-state index contributed by atoms with van der Waals surface area (Å²) in [6, 6.07) is 2.06. The van der Waals surface area contributed by atoms with Gasteiger partial charge in [0, 0.05) is 24.7 Å². The molecule has 1 N–H and O–H groups in total. The molecule has 20 heavy (non-hydrogen) atoms. The number of aryl methyl sites for hydroxylation is 1. The molecule has 0 fully saturated rings. The Labute approximate surface area is 122 Å². The van der Waals surface area contributed by atoms with E-state index in [0.717, 1.165) is 48.6 Å². The third kappa shape index (κ3) is 2.16. The Bertz CT molecular complexity index is 687. The van der Waals surface area contributed by atoms with Crippen molar-refractivity contribution in [3.05, 3.63) is 33.1 Å². The zero-order valence-electron chi connectivity index (χ0n) is 11.9. The van der Waals surface area contributed by atoms with E-state index >= 15 is 0 Å². The average molecular weight is 289 g/mol. The molecular weight excluding hydrogens is 270 g/mol. The third-order valence-corrected chi connectivity index (χ3v) is 4.65. The lowest BCUT2D eigenvalue weighted by atomic mass is 10.1. The molecule has 0 amide bonds. The Kier molecular flexibility index (Phi) is 3.61.